The first kappa shape index (κ1) is 28.2. The van der Waals surface area contributed by atoms with Gasteiger partial charge in [0.25, 0.3) is 0 Å². The van der Waals surface area contributed by atoms with Crippen LogP contribution in [0, 0.1) is 11.3 Å². The van der Waals surface area contributed by atoms with Crippen LogP contribution in [0.25, 0.3) is 60.8 Å². The molecule has 232 valence electrons. The van der Waals surface area contributed by atoms with Gasteiger partial charge in [0.15, 0.2) is 0 Å². The van der Waals surface area contributed by atoms with Crippen LogP contribution in [-0.4, -0.2) is 14.4 Å². The van der Waals surface area contributed by atoms with E-state index in [0.717, 1.165) is 27.9 Å². The van der Waals surface area contributed by atoms with E-state index in [2.05, 4.69) is 145 Å². The standard InChI is InChI=1S/C46H28N4/c47-28-30-12-14-31(15-13-30)36-24-34-20-21-35-25-37(32-16-18-33(19-17-32)42-29-50-23-7-22-48-45(50)49-42)27-41-44(35)43(34)40(26-36)46(41,38-8-3-1-4-9-38)39-10-5-2-6-11-39/h1-27,29H. The van der Waals surface area contributed by atoms with Gasteiger partial charge in [0, 0.05) is 24.2 Å². The summed E-state index contributed by atoms with van der Waals surface area (Å²) in [4.78, 5) is 9.14. The molecule has 0 amide bonds. The van der Waals surface area contributed by atoms with Gasteiger partial charge in [-0.05, 0) is 109 Å². The zero-order chi connectivity index (χ0) is 33.2. The van der Waals surface area contributed by atoms with Crippen LogP contribution in [0.3, 0.4) is 0 Å². The minimum Gasteiger partial charge on any atom is -0.291 e. The number of benzene rings is 7. The van der Waals surface area contributed by atoms with Gasteiger partial charge < -0.3 is 0 Å². The Hall–Kier alpha value is -6.83. The summed E-state index contributed by atoms with van der Waals surface area (Å²) in [6.45, 7) is 0. The molecule has 0 bridgehead atoms. The van der Waals surface area contributed by atoms with E-state index in [0.29, 0.717) is 11.3 Å². The van der Waals surface area contributed by atoms with Crippen molar-refractivity contribution in [2.45, 2.75) is 5.41 Å². The summed E-state index contributed by atoms with van der Waals surface area (Å²) in [7, 11) is 0. The number of hydrogen-bond donors (Lipinski definition) is 0. The lowest BCUT2D eigenvalue weighted by Crippen LogP contribution is -2.28. The minimum atomic E-state index is -0.551. The largest absolute Gasteiger partial charge is 0.291 e. The molecule has 0 saturated carbocycles. The van der Waals surface area contributed by atoms with E-state index >= 15 is 0 Å². The normalized spacial score (nSPS) is 12.9. The van der Waals surface area contributed by atoms with Crippen molar-refractivity contribution >= 4 is 27.3 Å². The highest BCUT2D eigenvalue weighted by atomic mass is 15.1. The van der Waals surface area contributed by atoms with Crippen molar-refractivity contribution in [3.8, 4) is 39.6 Å². The molecule has 0 radical (unpaired) electrons. The fourth-order valence-electron chi connectivity index (χ4n) is 8.10. The third kappa shape index (κ3) is 4.11. The predicted octanol–water partition coefficient (Wildman–Crippen LogP) is 10.6. The minimum absolute atomic E-state index is 0.551. The summed E-state index contributed by atoms with van der Waals surface area (Å²) in [5.74, 6) is 0.690. The molecule has 0 aliphatic heterocycles. The van der Waals surface area contributed by atoms with E-state index in [1.54, 1.807) is 6.20 Å². The summed E-state index contributed by atoms with van der Waals surface area (Å²) < 4.78 is 1.95. The van der Waals surface area contributed by atoms with E-state index in [1.807, 2.05) is 35.0 Å². The lowest BCUT2D eigenvalue weighted by molar-refractivity contribution is 0.772. The molecule has 50 heavy (non-hydrogen) atoms. The molecule has 2 heterocycles. The molecule has 7 aromatic carbocycles. The zero-order valence-electron chi connectivity index (χ0n) is 27.0. The zero-order valence-corrected chi connectivity index (χ0v) is 27.0. The van der Waals surface area contributed by atoms with Gasteiger partial charge >= 0.3 is 0 Å². The van der Waals surface area contributed by atoms with Crippen LogP contribution in [0.4, 0.5) is 0 Å². The summed E-state index contributed by atoms with van der Waals surface area (Å²) in [5.41, 5.74) is 11.6. The Morgan fingerprint density at radius 3 is 1.62 bits per heavy atom. The summed E-state index contributed by atoms with van der Waals surface area (Å²) in [6, 6.07) is 56.7. The number of hydrogen-bond acceptors (Lipinski definition) is 3. The fraction of sp³-hybridized carbons (Fsp3) is 0.0217. The number of rotatable bonds is 5. The number of aromatic nitrogens is 3. The molecule has 1 aliphatic carbocycles. The Labute approximate surface area is 289 Å². The molecule has 4 nitrogen and oxygen atoms in total. The molecule has 0 saturated heterocycles. The highest BCUT2D eigenvalue weighted by Gasteiger charge is 2.45. The van der Waals surface area contributed by atoms with Crippen LogP contribution >= 0.6 is 0 Å². The Morgan fingerprint density at radius 2 is 1.08 bits per heavy atom. The molecule has 9 aromatic rings. The number of nitriles is 1. The Kier molecular flexibility index (Phi) is 6.12. The number of fused-ring (bicyclic) bond motifs is 1. The van der Waals surface area contributed by atoms with E-state index in [1.165, 1.54) is 49.4 Å². The second-order valence-electron chi connectivity index (χ2n) is 13.0. The third-order valence-corrected chi connectivity index (χ3v) is 10.3. The molecule has 2 aromatic heterocycles. The highest BCUT2D eigenvalue weighted by Crippen LogP contribution is 2.57. The number of nitrogens with zero attached hydrogens (tertiary/aromatic N) is 4. The SMILES string of the molecule is N#Cc1ccc(-c2cc3c4c(ccc5cc(-c6ccc(-c7cn8cccnc8n7)cc6)cc(c54)C3(c3ccccc3)c3ccccc3)c2)cc1. The van der Waals surface area contributed by atoms with E-state index in [-0.39, 0.29) is 0 Å². The first-order valence-electron chi connectivity index (χ1n) is 16.8. The fourth-order valence-corrected chi connectivity index (χ4v) is 8.10. The maximum atomic E-state index is 9.47. The van der Waals surface area contributed by atoms with Crippen LogP contribution in [0.2, 0.25) is 0 Å². The van der Waals surface area contributed by atoms with Gasteiger partial charge in [-0.1, -0.05) is 109 Å². The first-order valence-corrected chi connectivity index (χ1v) is 16.8. The lowest BCUT2D eigenvalue weighted by atomic mass is 9.66. The topological polar surface area (TPSA) is 54.0 Å². The first-order chi connectivity index (χ1) is 24.7. The van der Waals surface area contributed by atoms with Gasteiger partial charge in [-0.2, -0.15) is 5.26 Å². The monoisotopic (exact) mass is 636 g/mol. The summed E-state index contributed by atoms with van der Waals surface area (Å²) in [5, 5.41) is 14.5. The van der Waals surface area contributed by atoms with Crippen molar-refractivity contribution in [3.63, 3.8) is 0 Å². The van der Waals surface area contributed by atoms with Crippen molar-refractivity contribution in [1.82, 2.24) is 14.4 Å². The highest BCUT2D eigenvalue weighted by molar-refractivity contribution is 6.18. The van der Waals surface area contributed by atoms with Gasteiger partial charge in [-0.25, -0.2) is 9.97 Å². The van der Waals surface area contributed by atoms with Gasteiger partial charge in [0.05, 0.1) is 22.7 Å². The molecule has 0 atom stereocenters. The van der Waals surface area contributed by atoms with Crippen molar-refractivity contribution in [2.75, 3.05) is 0 Å². The van der Waals surface area contributed by atoms with Crippen LogP contribution < -0.4 is 0 Å². The molecular weight excluding hydrogens is 609 g/mol. The maximum absolute atomic E-state index is 9.47. The summed E-state index contributed by atoms with van der Waals surface area (Å²) in [6.07, 6.45) is 5.76. The molecule has 0 spiro atoms. The van der Waals surface area contributed by atoms with Gasteiger partial charge in [-0.3, -0.25) is 4.40 Å². The molecule has 0 N–H and O–H groups in total. The van der Waals surface area contributed by atoms with Crippen LogP contribution in [-0.2, 0) is 5.41 Å². The van der Waals surface area contributed by atoms with Gasteiger partial charge in [0.2, 0.25) is 5.78 Å². The average molecular weight is 637 g/mol. The molecular formula is C46H28N4. The quantitative estimate of drug-likeness (QED) is 0.177. The van der Waals surface area contributed by atoms with Gasteiger partial charge in [0.1, 0.15) is 0 Å². The van der Waals surface area contributed by atoms with E-state index in [9.17, 15) is 5.26 Å². The lowest BCUT2D eigenvalue weighted by Gasteiger charge is -2.34. The van der Waals surface area contributed by atoms with E-state index in [4.69, 9.17) is 4.98 Å². The third-order valence-electron chi connectivity index (χ3n) is 10.3. The second-order valence-corrected chi connectivity index (χ2v) is 13.0. The maximum Gasteiger partial charge on any atom is 0.234 e. The molecule has 1 aliphatic rings. The smallest absolute Gasteiger partial charge is 0.234 e. The predicted molar refractivity (Wildman–Crippen MR) is 201 cm³/mol. The van der Waals surface area contributed by atoms with Crippen molar-refractivity contribution in [1.29, 1.82) is 5.26 Å². The van der Waals surface area contributed by atoms with Gasteiger partial charge in [-0.15, -0.1) is 0 Å². The van der Waals surface area contributed by atoms with Crippen LogP contribution in [0.1, 0.15) is 27.8 Å². The summed E-state index contributed by atoms with van der Waals surface area (Å²) >= 11 is 0. The van der Waals surface area contributed by atoms with Crippen LogP contribution in [0.15, 0.2) is 170 Å². The second kappa shape index (κ2) is 10.8. The van der Waals surface area contributed by atoms with Crippen molar-refractivity contribution in [2.24, 2.45) is 0 Å². The number of imidazole rings is 1. The average Bonchev–Trinajstić information content (AvgIpc) is 3.76. The van der Waals surface area contributed by atoms with Crippen LogP contribution in [0.5, 0.6) is 0 Å². The Bertz CT molecular complexity index is 2720. The molecule has 0 unspecified atom stereocenters. The molecule has 10 rings (SSSR count). The van der Waals surface area contributed by atoms with Crippen molar-refractivity contribution < 1.29 is 0 Å². The molecule has 4 heteroatoms. The molecule has 0 fully saturated rings. The Balaban J connectivity index is 1.22. The van der Waals surface area contributed by atoms with E-state index < -0.39 is 5.41 Å². The Morgan fingerprint density at radius 1 is 0.540 bits per heavy atom. The van der Waals surface area contributed by atoms with Crippen molar-refractivity contribution in [3.05, 3.63) is 198 Å².